The molecule has 1 rings (SSSR count). The molecule has 0 saturated heterocycles. The number of aromatic nitrogens is 2. The molecule has 1 aromatic rings. The summed E-state index contributed by atoms with van der Waals surface area (Å²) >= 11 is 7.63. The topological polar surface area (TPSA) is 46.9 Å². The molecule has 0 radical (unpaired) electrons. The van der Waals surface area contributed by atoms with Gasteiger partial charge in [0.2, 0.25) is 0 Å². The second kappa shape index (κ2) is 5.42. The summed E-state index contributed by atoms with van der Waals surface area (Å²) < 4.78 is 1.21. The van der Waals surface area contributed by atoms with E-state index in [9.17, 15) is 4.79 Å². The fourth-order valence-electron chi connectivity index (χ4n) is 0.971. The quantitative estimate of drug-likeness (QED) is 0.878. The molecule has 1 heterocycles. The predicted octanol–water partition coefficient (Wildman–Crippen LogP) is 1.60. The number of nitrogens with zero attached hydrogens (tertiary/aromatic N) is 2. The number of hydrogen-bond acceptors (Lipinski definition) is 4. The van der Waals surface area contributed by atoms with E-state index < -0.39 is 0 Å². The van der Waals surface area contributed by atoms with E-state index in [0.717, 1.165) is 6.54 Å². The lowest BCUT2D eigenvalue weighted by molar-refractivity contribution is 0.708. The van der Waals surface area contributed by atoms with Crippen LogP contribution in [0.4, 0.5) is 5.69 Å². The Kier molecular flexibility index (Phi) is 4.47. The minimum Gasteiger partial charge on any atom is -0.381 e. The molecule has 0 amide bonds. The zero-order chi connectivity index (χ0) is 11.4. The molecule has 0 aliphatic rings. The van der Waals surface area contributed by atoms with Gasteiger partial charge in [0, 0.05) is 18.8 Å². The van der Waals surface area contributed by atoms with Crippen molar-refractivity contribution in [2.75, 3.05) is 18.1 Å². The van der Waals surface area contributed by atoms with Crippen LogP contribution in [0.25, 0.3) is 0 Å². The molecule has 0 aliphatic heterocycles. The molecule has 1 N–H and O–H groups in total. The fraction of sp³-hybridized carbons (Fsp3) is 0.556. The number of anilines is 1. The molecule has 84 valence electrons. The zero-order valence-corrected chi connectivity index (χ0v) is 10.5. The third-order valence-corrected chi connectivity index (χ3v) is 3.40. The average molecular weight is 248 g/mol. The Morgan fingerprint density at radius 3 is 3.00 bits per heavy atom. The van der Waals surface area contributed by atoms with Crippen molar-refractivity contribution in [2.45, 2.75) is 12.2 Å². The normalized spacial score (nSPS) is 12.5. The van der Waals surface area contributed by atoms with Gasteiger partial charge in [0.1, 0.15) is 5.02 Å². The van der Waals surface area contributed by atoms with E-state index in [4.69, 9.17) is 11.6 Å². The van der Waals surface area contributed by atoms with Crippen molar-refractivity contribution in [1.82, 2.24) is 9.78 Å². The molecule has 1 atom stereocenters. The summed E-state index contributed by atoms with van der Waals surface area (Å²) in [5, 5.41) is 7.66. The fourth-order valence-corrected chi connectivity index (χ4v) is 1.46. The Labute approximate surface area is 98.0 Å². The summed E-state index contributed by atoms with van der Waals surface area (Å²) in [5.74, 6) is 0. The molecule has 6 heteroatoms. The van der Waals surface area contributed by atoms with Crippen molar-refractivity contribution in [3.8, 4) is 0 Å². The second-order valence-corrected chi connectivity index (χ2v) is 4.88. The number of hydrogen-bond donors (Lipinski definition) is 1. The summed E-state index contributed by atoms with van der Waals surface area (Å²) in [6.07, 6.45) is 3.60. The summed E-state index contributed by atoms with van der Waals surface area (Å²) in [4.78, 5) is 11.4. The molecular weight excluding hydrogens is 234 g/mol. The van der Waals surface area contributed by atoms with Gasteiger partial charge in [0.15, 0.2) is 0 Å². The van der Waals surface area contributed by atoms with E-state index in [1.54, 1.807) is 25.0 Å². The van der Waals surface area contributed by atoms with Crippen LogP contribution in [0, 0.1) is 0 Å². The zero-order valence-electron chi connectivity index (χ0n) is 8.95. The Morgan fingerprint density at radius 2 is 2.40 bits per heavy atom. The van der Waals surface area contributed by atoms with Gasteiger partial charge in [-0.25, -0.2) is 4.68 Å². The first-order valence-corrected chi connectivity index (χ1v) is 6.21. The Hall–Kier alpha value is -0.680. The molecule has 0 spiro atoms. The van der Waals surface area contributed by atoms with E-state index in [-0.39, 0.29) is 10.6 Å². The number of aryl methyl sites for hydroxylation is 1. The van der Waals surface area contributed by atoms with Crippen molar-refractivity contribution in [3.63, 3.8) is 0 Å². The van der Waals surface area contributed by atoms with Crippen LogP contribution in [0.2, 0.25) is 5.02 Å². The lowest BCUT2D eigenvalue weighted by Crippen LogP contribution is -2.22. The molecule has 1 unspecified atom stereocenters. The molecule has 1 aromatic heterocycles. The lowest BCUT2D eigenvalue weighted by atomic mass is 10.4. The third kappa shape index (κ3) is 3.14. The third-order valence-electron chi connectivity index (χ3n) is 2.06. The van der Waals surface area contributed by atoms with Gasteiger partial charge in [0.25, 0.3) is 5.56 Å². The van der Waals surface area contributed by atoms with Crippen molar-refractivity contribution >= 4 is 29.1 Å². The van der Waals surface area contributed by atoms with E-state index >= 15 is 0 Å². The maximum atomic E-state index is 11.4. The maximum absolute atomic E-state index is 11.4. The Morgan fingerprint density at radius 1 is 1.73 bits per heavy atom. The van der Waals surface area contributed by atoms with Gasteiger partial charge in [-0.15, -0.1) is 0 Å². The maximum Gasteiger partial charge on any atom is 0.287 e. The molecular formula is C9H14ClN3OS. The van der Waals surface area contributed by atoms with Crippen LogP contribution in [0.3, 0.4) is 0 Å². The number of thioether (sulfide) groups is 1. The van der Waals surface area contributed by atoms with E-state index in [1.807, 2.05) is 6.26 Å². The highest BCUT2D eigenvalue weighted by molar-refractivity contribution is 7.99. The summed E-state index contributed by atoms with van der Waals surface area (Å²) in [7, 11) is 1.57. The van der Waals surface area contributed by atoms with Crippen LogP contribution in [0.15, 0.2) is 11.0 Å². The van der Waals surface area contributed by atoms with E-state index in [1.165, 1.54) is 4.68 Å². The highest BCUT2D eigenvalue weighted by Gasteiger charge is 2.07. The smallest absolute Gasteiger partial charge is 0.287 e. The first-order chi connectivity index (χ1) is 7.06. The summed E-state index contributed by atoms with van der Waals surface area (Å²) in [6, 6.07) is 0. The first-order valence-electron chi connectivity index (χ1n) is 4.54. The average Bonchev–Trinajstić information content (AvgIpc) is 2.24. The largest absolute Gasteiger partial charge is 0.381 e. The number of halogens is 1. The van der Waals surface area contributed by atoms with Crippen molar-refractivity contribution in [2.24, 2.45) is 7.05 Å². The minimum absolute atomic E-state index is 0.195. The molecule has 0 fully saturated rings. The Bertz CT molecular complexity index is 393. The predicted molar refractivity (Wildman–Crippen MR) is 66.0 cm³/mol. The summed E-state index contributed by atoms with van der Waals surface area (Å²) in [6.45, 7) is 2.86. The van der Waals surface area contributed by atoms with Gasteiger partial charge in [-0.2, -0.15) is 16.9 Å². The highest BCUT2D eigenvalue weighted by atomic mass is 35.5. The molecule has 0 saturated carbocycles. The number of nitrogens with one attached hydrogen (secondary N) is 1. The second-order valence-electron chi connectivity index (χ2n) is 3.23. The van der Waals surface area contributed by atoms with Crippen LogP contribution in [0.5, 0.6) is 0 Å². The standard InChI is InChI=1S/C9H14ClN3OS/c1-6(15-3)4-11-7-5-12-13(2)9(14)8(7)10/h5-6,11H,4H2,1-3H3. The SMILES string of the molecule is CSC(C)CNc1cnn(C)c(=O)c1Cl. The summed E-state index contributed by atoms with van der Waals surface area (Å²) in [5.41, 5.74) is 0.319. The van der Waals surface area contributed by atoms with Crippen LogP contribution in [-0.2, 0) is 7.05 Å². The lowest BCUT2D eigenvalue weighted by Gasteiger charge is -2.11. The Balaban J connectivity index is 2.79. The van der Waals surface area contributed by atoms with Crippen LogP contribution >= 0.6 is 23.4 Å². The first kappa shape index (κ1) is 12.4. The van der Waals surface area contributed by atoms with Gasteiger partial charge < -0.3 is 5.32 Å². The van der Waals surface area contributed by atoms with Crippen molar-refractivity contribution in [1.29, 1.82) is 0 Å². The van der Waals surface area contributed by atoms with Crippen LogP contribution in [-0.4, -0.2) is 27.8 Å². The van der Waals surface area contributed by atoms with Crippen LogP contribution < -0.4 is 10.9 Å². The number of rotatable bonds is 4. The molecule has 4 nitrogen and oxygen atoms in total. The van der Waals surface area contributed by atoms with Crippen LogP contribution in [0.1, 0.15) is 6.92 Å². The molecule has 0 aliphatic carbocycles. The van der Waals surface area contributed by atoms with Gasteiger partial charge in [-0.1, -0.05) is 18.5 Å². The minimum atomic E-state index is -0.279. The molecule has 0 aromatic carbocycles. The molecule has 0 bridgehead atoms. The van der Waals surface area contributed by atoms with Gasteiger partial charge >= 0.3 is 0 Å². The van der Waals surface area contributed by atoms with Gasteiger partial charge in [-0.05, 0) is 6.26 Å². The van der Waals surface area contributed by atoms with Gasteiger partial charge in [0.05, 0.1) is 11.9 Å². The van der Waals surface area contributed by atoms with E-state index in [0.29, 0.717) is 10.9 Å². The van der Waals surface area contributed by atoms with Gasteiger partial charge in [-0.3, -0.25) is 4.79 Å². The highest BCUT2D eigenvalue weighted by Crippen LogP contribution is 2.16. The molecule has 15 heavy (non-hydrogen) atoms. The monoisotopic (exact) mass is 247 g/mol. The van der Waals surface area contributed by atoms with Crippen molar-refractivity contribution < 1.29 is 0 Å². The van der Waals surface area contributed by atoms with Crippen molar-refractivity contribution in [3.05, 3.63) is 21.6 Å². The van der Waals surface area contributed by atoms with E-state index in [2.05, 4.69) is 17.3 Å².